The molecule has 3 N–H and O–H groups in total. The third-order valence-electron chi connectivity index (χ3n) is 5.17. The highest BCUT2D eigenvalue weighted by molar-refractivity contribution is 8.14. The highest BCUT2D eigenvalue weighted by Gasteiger charge is 2.51. The van der Waals surface area contributed by atoms with Crippen LogP contribution in [-0.2, 0) is 0 Å². The fraction of sp³-hybridized carbons (Fsp3) is 0.304. The number of ether oxygens (including phenoxy) is 1. The minimum atomic E-state index is -1.71. The predicted molar refractivity (Wildman–Crippen MR) is 129 cm³/mol. The lowest BCUT2D eigenvalue weighted by molar-refractivity contribution is 0.232. The standard InChI is InChI=1S/C23H23F3N6OS/c1-11(2)33-18-9-29-20-16(31-18)5-6-28-21(20)30-12(3)7-15(25)19(26)13(4)23(10-24)14-8-17(14)34-22(27)32-23/h5-9,11,17H,4,10H2,1-3H3,(H2,27,32)(H,28,30)/b12-7+,19-15-/t17-,23+/m0/s1. The second-order valence-corrected chi connectivity index (χ2v) is 9.26. The van der Waals surface area contributed by atoms with Gasteiger partial charge in [-0.1, -0.05) is 24.4 Å². The molecule has 0 saturated carbocycles. The molecule has 0 bridgehead atoms. The van der Waals surface area contributed by atoms with Crippen molar-refractivity contribution in [3.05, 3.63) is 65.7 Å². The molecule has 1 aliphatic heterocycles. The minimum Gasteiger partial charge on any atom is -0.474 e. The number of amidine groups is 1. The van der Waals surface area contributed by atoms with Crippen LogP contribution in [0.1, 0.15) is 20.8 Å². The molecule has 3 heterocycles. The van der Waals surface area contributed by atoms with E-state index in [-0.39, 0.29) is 22.2 Å². The number of allylic oxidation sites excluding steroid dienone is 3. The fourth-order valence-corrected chi connectivity index (χ4v) is 4.55. The molecule has 2 aliphatic rings. The van der Waals surface area contributed by atoms with Gasteiger partial charge in [0.15, 0.2) is 22.6 Å². The molecule has 1 aliphatic carbocycles. The number of anilines is 1. The predicted octanol–water partition coefficient (Wildman–Crippen LogP) is 4.91. The molecular formula is C23H23F3N6OS. The summed E-state index contributed by atoms with van der Waals surface area (Å²) in [6.07, 6.45) is 5.55. The van der Waals surface area contributed by atoms with Crippen molar-refractivity contribution in [2.24, 2.45) is 10.7 Å². The first-order valence-electron chi connectivity index (χ1n) is 10.4. The van der Waals surface area contributed by atoms with Crippen LogP contribution >= 0.6 is 11.8 Å². The number of hydrogen-bond donors (Lipinski definition) is 2. The van der Waals surface area contributed by atoms with Crippen LogP contribution in [0, 0.1) is 0 Å². The van der Waals surface area contributed by atoms with E-state index in [1.807, 2.05) is 13.8 Å². The monoisotopic (exact) mass is 488 g/mol. The Morgan fingerprint density at radius 2 is 2.15 bits per heavy atom. The Morgan fingerprint density at radius 3 is 2.85 bits per heavy atom. The Kier molecular flexibility index (Phi) is 6.39. The summed E-state index contributed by atoms with van der Waals surface area (Å²) < 4.78 is 49.4. The van der Waals surface area contributed by atoms with Crippen LogP contribution in [0.15, 0.2) is 70.7 Å². The number of nitrogens with zero attached hydrogens (tertiary/aromatic N) is 4. The van der Waals surface area contributed by atoms with Crippen LogP contribution in [0.3, 0.4) is 0 Å². The maximum atomic E-state index is 15.0. The van der Waals surface area contributed by atoms with Crippen molar-refractivity contribution in [3.63, 3.8) is 0 Å². The second-order valence-electron chi connectivity index (χ2n) is 8.10. The maximum absolute atomic E-state index is 15.0. The lowest BCUT2D eigenvalue weighted by Gasteiger charge is -2.30. The van der Waals surface area contributed by atoms with Crippen molar-refractivity contribution in [2.75, 3.05) is 12.0 Å². The number of rotatable bonds is 8. The summed E-state index contributed by atoms with van der Waals surface area (Å²) in [5, 5.41) is 2.84. The largest absolute Gasteiger partial charge is 0.474 e. The summed E-state index contributed by atoms with van der Waals surface area (Å²) in [7, 11) is 0. The average Bonchev–Trinajstić information content (AvgIpc) is 3.56. The van der Waals surface area contributed by atoms with Crippen LogP contribution in [0.5, 0.6) is 5.88 Å². The molecule has 11 heteroatoms. The Bertz CT molecular complexity index is 1290. The van der Waals surface area contributed by atoms with Gasteiger partial charge in [0.1, 0.15) is 17.7 Å². The van der Waals surface area contributed by atoms with E-state index in [4.69, 9.17) is 10.5 Å². The smallest absolute Gasteiger partial charge is 0.233 e. The van der Waals surface area contributed by atoms with Crippen molar-refractivity contribution < 1.29 is 17.9 Å². The summed E-state index contributed by atoms with van der Waals surface area (Å²) in [6, 6.07) is 1.66. The Morgan fingerprint density at radius 1 is 1.38 bits per heavy atom. The van der Waals surface area contributed by atoms with E-state index in [2.05, 4.69) is 31.8 Å². The van der Waals surface area contributed by atoms with Gasteiger partial charge in [-0.3, -0.25) is 0 Å². The van der Waals surface area contributed by atoms with Crippen molar-refractivity contribution in [1.82, 2.24) is 15.0 Å². The molecule has 2 aromatic heterocycles. The van der Waals surface area contributed by atoms with E-state index in [0.717, 1.165) is 6.08 Å². The van der Waals surface area contributed by atoms with Gasteiger partial charge in [-0.05, 0) is 38.5 Å². The highest BCUT2D eigenvalue weighted by atomic mass is 32.2. The first kappa shape index (κ1) is 23.8. The number of halogens is 3. The fourth-order valence-electron chi connectivity index (χ4n) is 3.54. The first-order chi connectivity index (χ1) is 16.1. The van der Waals surface area contributed by atoms with Gasteiger partial charge in [-0.25, -0.2) is 33.1 Å². The zero-order valence-electron chi connectivity index (χ0n) is 18.8. The van der Waals surface area contributed by atoms with Gasteiger partial charge >= 0.3 is 0 Å². The van der Waals surface area contributed by atoms with E-state index in [0.29, 0.717) is 28.3 Å². The number of fused-ring (bicyclic) bond motifs is 2. The molecule has 2 aromatic rings. The van der Waals surface area contributed by atoms with Crippen molar-refractivity contribution in [3.8, 4) is 5.88 Å². The molecule has 4 rings (SSSR count). The lowest BCUT2D eigenvalue weighted by Crippen LogP contribution is -2.38. The SMILES string of the molecule is C=C(/C(F)=C(F)\C=C(/C)Nc1nccc2nc(OC(C)C)cnc12)[C@@]1(CF)N=C(N)S[C@H]2C=C21. The summed E-state index contributed by atoms with van der Waals surface area (Å²) >= 11 is 1.23. The van der Waals surface area contributed by atoms with Gasteiger partial charge in [0.2, 0.25) is 5.88 Å². The molecule has 0 saturated heterocycles. The zero-order valence-corrected chi connectivity index (χ0v) is 19.6. The molecule has 2 atom stereocenters. The number of aliphatic imine (C=N–C) groups is 1. The van der Waals surface area contributed by atoms with Gasteiger partial charge < -0.3 is 15.8 Å². The van der Waals surface area contributed by atoms with Crippen LogP contribution in [0.4, 0.5) is 19.0 Å². The molecule has 0 unspecified atom stereocenters. The molecule has 178 valence electrons. The van der Waals surface area contributed by atoms with Gasteiger partial charge in [0, 0.05) is 17.5 Å². The third kappa shape index (κ3) is 4.52. The number of pyridine rings is 1. The van der Waals surface area contributed by atoms with Crippen LogP contribution in [-0.4, -0.2) is 43.7 Å². The topological polar surface area (TPSA) is 98.3 Å². The van der Waals surface area contributed by atoms with Gasteiger partial charge in [-0.2, -0.15) is 0 Å². The Hall–Kier alpha value is -3.34. The van der Waals surface area contributed by atoms with E-state index in [9.17, 15) is 13.2 Å². The van der Waals surface area contributed by atoms with Crippen molar-refractivity contribution in [2.45, 2.75) is 37.7 Å². The minimum absolute atomic E-state index is 0.0658. The number of aromatic nitrogens is 3. The number of nitrogens with one attached hydrogen (secondary N) is 1. The van der Waals surface area contributed by atoms with E-state index in [1.165, 1.54) is 31.1 Å². The van der Waals surface area contributed by atoms with Gasteiger partial charge in [-0.15, -0.1) is 0 Å². The first-order valence-corrected chi connectivity index (χ1v) is 11.3. The van der Waals surface area contributed by atoms with Crippen LogP contribution in [0.25, 0.3) is 11.0 Å². The van der Waals surface area contributed by atoms with E-state index in [1.54, 1.807) is 12.1 Å². The van der Waals surface area contributed by atoms with Gasteiger partial charge in [0.25, 0.3) is 0 Å². The van der Waals surface area contributed by atoms with E-state index >= 15 is 0 Å². The quantitative estimate of drug-likeness (QED) is 0.402. The van der Waals surface area contributed by atoms with Crippen molar-refractivity contribution in [1.29, 1.82) is 0 Å². The molecule has 0 spiro atoms. The number of thioether (sulfide) groups is 1. The summed E-state index contributed by atoms with van der Waals surface area (Å²) in [4.78, 5) is 17.0. The summed E-state index contributed by atoms with van der Waals surface area (Å²) in [5.41, 5.74) is 5.34. The van der Waals surface area contributed by atoms with Gasteiger partial charge in [0.05, 0.1) is 23.1 Å². The summed E-state index contributed by atoms with van der Waals surface area (Å²) in [5.74, 6) is -1.86. The molecular weight excluding hydrogens is 465 g/mol. The highest BCUT2D eigenvalue weighted by Crippen LogP contribution is 2.51. The lowest BCUT2D eigenvalue weighted by atomic mass is 9.88. The number of hydrogen-bond acceptors (Lipinski definition) is 8. The summed E-state index contributed by atoms with van der Waals surface area (Å²) in [6.45, 7) is 7.80. The normalized spacial score (nSPS) is 22.6. The number of alkyl halides is 1. The zero-order chi connectivity index (χ0) is 24.6. The molecule has 0 fully saturated rings. The number of nitrogens with two attached hydrogens (primary N) is 1. The molecule has 0 aromatic carbocycles. The Balaban J connectivity index is 1.58. The molecule has 0 radical (unpaired) electrons. The molecule has 7 nitrogen and oxygen atoms in total. The third-order valence-corrected chi connectivity index (χ3v) is 6.15. The molecule has 34 heavy (non-hydrogen) atoms. The van der Waals surface area contributed by atoms with Crippen molar-refractivity contribution >= 4 is 33.8 Å². The Labute approximate surface area is 198 Å². The second kappa shape index (κ2) is 9.13. The van der Waals surface area contributed by atoms with Crippen LogP contribution in [0.2, 0.25) is 0 Å². The molecule has 0 amide bonds. The van der Waals surface area contributed by atoms with Crippen LogP contribution < -0.4 is 15.8 Å². The van der Waals surface area contributed by atoms with E-state index < -0.39 is 29.4 Å². The maximum Gasteiger partial charge on any atom is 0.233 e. The average molecular weight is 489 g/mol.